The standard InChI is InChI=1S/C32H36ClFO8S/c1-43(39,40)26-19-24(23-12-14-29(34)28(33)20-23)18-25(21-26)41-16-5-3-2-4-8-22-9-6-10-30(27(22)13-15-32(37)38)42-17-7-11-31(35)36/h6,9-10,12,14,18-21H,2-5,7-8,11,13,15-17H2,1H3,(H,35,36)(H,37,38). The van der Waals surface area contributed by atoms with Gasteiger partial charge in [0.15, 0.2) is 9.84 Å². The molecular formula is C32H36ClFO8S. The van der Waals surface area contributed by atoms with Crippen molar-refractivity contribution in [1.82, 2.24) is 0 Å². The highest BCUT2D eigenvalue weighted by atomic mass is 35.5. The normalized spacial score (nSPS) is 11.3. The lowest BCUT2D eigenvalue weighted by Crippen LogP contribution is -2.07. The number of rotatable bonds is 18. The third-order valence-corrected chi connectivity index (χ3v) is 8.16. The molecule has 8 nitrogen and oxygen atoms in total. The average molecular weight is 635 g/mol. The lowest BCUT2D eigenvalue weighted by Gasteiger charge is -2.15. The number of carboxylic acids is 2. The minimum atomic E-state index is -3.52. The fourth-order valence-corrected chi connectivity index (χ4v) is 5.43. The van der Waals surface area contributed by atoms with E-state index in [1.54, 1.807) is 12.1 Å². The molecule has 0 aliphatic rings. The number of benzene rings is 3. The van der Waals surface area contributed by atoms with Gasteiger partial charge in [0, 0.05) is 19.1 Å². The summed E-state index contributed by atoms with van der Waals surface area (Å²) in [6.45, 7) is 0.614. The monoisotopic (exact) mass is 634 g/mol. The molecule has 0 aliphatic heterocycles. The van der Waals surface area contributed by atoms with Gasteiger partial charge < -0.3 is 19.7 Å². The largest absolute Gasteiger partial charge is 0.494 e. The molecule has 0 aromatic heterocycles. The van der Waals surface area contributed by atoms with E-state index in [4.69, 9.17) is 26.2 Å². The van der Waals surface area contributed by atoms with Gasteiger partial charge >= 0.3 is 11.9 Å². The molecule has 3 aromatic carbocycles. The van der Waals surface area contributed by atoms with Gasteiger partial charge in [0.2, 0.25) is 0 Å². The van der Waals surface area contributed by atoms with E-state index >= 15 is 0 Å². The van der Waals surface area contributed by atoms with Crippen molar-refractivity contribution in [3.05, 3.63) is 76.6 Å². The van der Waals surface area contributed by atoms with Gasteiger partial charge in [-0.1, -0.05) is 42.6 Å². The molecule has 0 atom stereocenters. The Morgan fingerprint density at radius 2 is 1.53 bits per heavy atom. The molecule has 0 unspecified atom stereocenters. The number of ether oxygens (including phenoxy) is 2. The number of aliphatic carboxylic acids is 2. The second-order valence-corrected chi connectivity index (χ2v) is 12.7. The van der Waals surface area contributed by atoms with Gasteiger partial charge in [0.1, 0.15) is 17.3 Å². The van der Waals surface area contributed by atoms with Gasteiger partial charge in [0.25, 0.3) is 0 Å². The fraction of sp³-hybridized carbons (Fsp3) is 0.375. The second kappa shape index (κ2) is 16.3. The summed E-state index contributed by atoms with van der Waals surface area (Å²) in [5.74, 6) is -1.37. The highest BCUT2D eigenvalue weighted by Gasteiger charge is 2.14. The Labute approximate surface area is 256 Å². The first-order valence-corrected chi connectivity index (χ1v) is 16.3. The summed E-state index contributed by atoms with van der Waals surface area (Å²) in [6, 6.07) is 14.5. The SMILES string of the molecule is CS(=O)(=O)c1cc(OCCCCCCc2cccc(OCCCC(=O)O)c2CCC(=O)O)cc(-c2ccc(F)c(Cl)c2)c1. The van der Waals surface area contributed by atoms with Crippen molar-refractivity contribution in [2.75, 3.05) is 19.5 Å². The van der Waals surface area contributed by atoms with Crippen LogP contribution in [0.4, 0.5) is 4.39 Å². The van der Waals surface area contributed by atoms with Crippen LogP contribution in [0, 0.1) is 5.82 Å². The summed E-state index contributed by atoms with van der Waals surface area (Å²) < 4.78 is 49.9. The van der Waals surface area contributed by atoms with Gasteiger partial charge in [0.05, 0.1) is 23.1 Å². The molecule has 0 spiro atoms. The number of carboxylic acid groups (broad SMARTS) is 2. The summed E-state index contributed by atoms with van der Waals surface area (Å²) >= 11 is 5.92. The molecule has 43 heavy (non-hydrogen) atoms. The first kappa shape index (κ1) is 33.9. The molecule has 0 amide bonds. The van der Waals surface area contributed by atoms with E-state index in [1.165, 1.54) is 30.3 Å². The van der Waals surface area contributed by atoms with E-state index < -0.39 is 27.6 Å². The van der Waals surface area contributed by atoms with E-state index in [9.17, 15) is 27.5 Å². The maximum atomic E-state index is 13.6. The number of carbonyl (C=O) groups is 2. The van der Waals surface area contributed by atoms with Crippen molar-refractivity contribution in [1.29, 1.82) is 0 Å². The molecule has 0 saturated carbocycles. The van der Waals surface area contributed by atoms with Gasteiger partial charge in [-0.2, -0.15) is 0 Å². The van der Waals surface area contributed by atoms with Crippen LogP contribution in [0.15, 0.2) is 59.5 Å². The van der Waals surface area contributed by atoms with Gasteiger partial charge in [-0.3, -0.25) is 9.59 Å². The van der Waals surface area contributed by atoms with Crippen LogP contribution in [0.1, 0.15) is 56.1 Å². The topological polar surface area (TPSA) is 127 Å². The molecule has 11 heteroatoms. The summed E-state index contributed by atoms with van der Waals surface area (Å²) in [4.78, 5) is 22.1. The number of aryl methyl sites for hydroxylation is 1. The summed E-state index contributed by atoms with van der Waals surface area (Å²) in [5, 5.41) is 18.0. The van der Waals surface area contributed by atoms with Crippen molar-refractivity contribution < 1.29 is 42.1 Å². The third kappa shape index (κ3) is 11.2. The number of hydrogen-bond acceptors (Lipinski definition) is 6. The van der Waals surface area contributed by atoms with E-state index in [1.807, 2.05) is 12.1 Å². The van der Waals surface area contributed by atoms with Crippen LogP contribution >= 0.6 is 11.6 Å². The van der Waals surface area contributed by atoms with E-state index in [0.29, 0.717) is 42.1 Å². The van der Waals surface area contributed by atoms with Crippen LogP contribution in [0.3, 0.4) is 0 Å². The van der Waals surface area contributed by atoms with E-state index in [-0.39, 0.29) is 29.4 Å². The van der Waals surface area contributed by atoms with E-state index in [0.717, 1.165) is 49.5 Å². The zero-order valence-corrected chi connectivity index (χ0v) is 25.6. The van der Waals surface area contributed by atoms with Crippen LogP contribution in [-0.2, 0) is 32.3 Å². The lowest BCUT2D eigenvalue weighted by atomic mass is 9.97. The Balaban J connectivity index is 1.55. The maximum Gasteiger partial charge on any atom is 0.303 e. The first-order valence-electron chi connectivity index (χ1n) is 14.0. The molecule has 0 radical (unpaired) electrons. The predicted molar refractivity (Wildman–Crippen MR) is 162 cm³/mol. The molecule has 2 N–H and O–H groups in total. The van der Waals surface area contributed by atoms with Crippen LogP contribution < -0.4 is 9.47 Å². The predicted octanol–water partition coefficient (Wildman–Crippen LogP) is 6.99. The minimum Gasteiger partial charge on any atom is -0.494 e. The molecule has 0 heterocycles. The molecule has 0 saturated heterocycles. The molecule has 0 bridgehead atoms. The van der Waals surface area contributed by atoms with Gasteiger partial charge in [-0.25, -0.2) is 12.8 Å². The summed E-state index contributed by atoms with van der Waals surface area (Å²) in [7, 11) is -3.52. The van der Waals surface area contributed by atoms with Crippen molar-refractivity contribution in [3.63, 3.8) is 0 Å². The number of unbranched alkanes of at least 4 members (excludes halogenated alkanes) is 3. The second-order valence-electron chi connectivity index (χ2n) is 10.2. The minimum absolute atomic E-state index is 0.00128. The zero-order chi connectivity index (χ0) is 31.4. The van der Waals surface area contributed by atoms with Crippen LogP contribution in [0.25, 0.3) is 11.1 Å². The third-order valence-electron chi connectivity index (χ3n) is 6.78. The maximum absolute atomic E-state index is 13.6. The molecule has 232 valence electrons. The number of halogens is 2. The van der Waals surface area contributed by atoms with Crippen LogP contribution in [0.5, 0.6) is 11.5 Å². The molecule has 0 aliphatic carbocycles. The highest BCUT2D eigenvalue weighted by Crippen LogP contribution is 2.31. The van der Waals surface area contributed by atoms with Crippen molar-refractivity contribution >= 4 is 33.4 Å². The molecular weight excluding hydrogens is 599 g/mol. The van der Waals surface area contributed by atoms with Crippen molar-refractivity contribution in [3.8, 4) is 22.6 Å². The van der Waals surface area contributed by atoms with Crippen LogP contribution in [-0.4, -0.2) is 50.0 Å². The van der Waals surface area contributed by atoms with Gasteiger partial charge in [-0.05, 0) is 90.8 Å². The Morgan fingerprint density at radius 3 is 2.23 bits per heavy atom. The Bertz CT molecular complexity index is 1520. The molecule has 3 aromatic rings. The first-order chi connectivity index (χ1) is 20.4. The Kier molecular flexibility index (Phi) is 12.8. The Hall–Kier alpha value is -3.63. The molecule has 0 fully saturated rings. The smallest absolute Gasteiger partial charge is 0.303 e. The lowest BCUT2D eigenvalue weighted by molar-refractivity contribution is -0.138. The fourth-order valence-electron chi connectivity index (χ4n) is 4.57. The summed E-state index contributed by atoms with van der Waals surface area (Å²) in [5.41, 5.74) is 2.97. The number of sulfone groups is 1. The quantitative estimate of drug-likeness (QED) is 0.143. The molecule has 3 rings (SSSR count). The van der Waals surface area contributed by atoms with Crippen molar-refractivity contribution in [2.24, 2.45) is 0 Å². The summed E-state index contributed by atoms with van der Waals surface area (Å²) in [6.07, 6.45) is 5.87. The van der Waals surface area contributed by atoms with Gasteiger partial charge in [-0.15, -0.1) is 0 Å². The van der Waals surface area contributed by atoms with Crippen LogP contribution in [0.2, 0.25) is 5.02 Å². The number of hydrogen-bond donors (Lipinski definition) is 2. The zero-order valence-electron chi connectivity index (χ0n) is 24.0. The average Bonchev–Trinajstić information content (AvgIpc) is 2.94. The van der Waals surface area contributed by atoms with E-state index in [2.05, 4.69) is 0 Å². The highest BCUT2D eigenvalue weighted by molar-refractivity contribution is 7.90. The Morgan fingerprint density at radius 1 is 0.814 bits per heavy atom. The van der Waals surface area contributed by atoms with Crippen molar-refractivity contribution in [2.45, 2.75) is 62.7 Å².